The molecule has 0 unspecified atom stereocenters. The minimum atomic E-state index is -0.536. The Labute approximate surface area is 169 Å². The van der Waals surface area contributed by atoms with E-state index in [0.29, 0.717) is 48.7 Å². The van der Waals surface area contributed by atoms with Crippen LogP contribution in [0, 0.1) is 6.92 Å². The minimum absolute atomic E-state index is 0.0129. The van der Waals surface area contributed by atoms with Crippen molar-refractivity contribution in [2.45, 2.75) is 31.8 Å². The van der Waals surface area contributed by atoms with Gasteiger partial charge in [0.05, 0.1) is 12.0 Å². The van der Waals surface area contributed by atoms with Crippen LogP contribution in [-0.2, 0) is 4.79 Å². The highest BCUT2D eigenvalue weighted by molar-refractivity contribution is 6.31. The summed E-state index contributed by atoms with van der Waals surface area (Å²) < 4.78 is 11.9. The first kappa shape index (κ1) is 18.8. The molecule has 28 heavy (non-hydrogen) atoms. The predicted molar refractivity (Wildman–Crippen MR) is 106 cm³/mol. The molecule has 0 saturated carbocycles. The zero-order chi connectivity index (χ0) is 19.7. The van der Waals surface area contributed by atoms with Gasteiger partial charge >= 0.3 is 0 Å². The average molecular weight is 400 g/mol. The highest BCUT2D eigenvalue weighted by atomic mass is 35.5. The molecule has 0 bridgehead atoms. The summed E-state index contributed by atoms with van der Waals surface area (Å²) in [6.45, 7) is 3.06. The van der Waals surface area contributed by atoms with Gasteiger partial charge in [-0.15, -0.1) is 0 Å². The van der Waals surface area contributed by atoms with Gasteiger partial charge in [-0.1, -0.05) is 29.8 Å². The second-order valence-electron chi connectivity index (χ2n) is 7.46. The highest BCUT2D eigenvalue weighted by Gasteiger charge is 2.43. The summed E-state index contributed by atoms with van der Waals surface area (Å²) >= 11 is 5.99. The van der Waals surface area contributed by atoms with Gasteiger partial charge in [0, 0.05) is 31.0 Å². The van der Waals surface area contributed by atoms with E-state index < -0.39 is 5.60 Å². The number of fused-ring (bicyclic) bond motifs is 1. The highest BCUT2D eigenvalue weighted by Crippen LogP contribution is 2.40. The maximum Gasteiger partial charge on any atom is 0.260 e. The number of Topliss-reactive ketones (excluding diaryl/α,β-unsaturated/α-hetero) is 1. The fourth-order valence-corrected chi connectivity index (χ4v) is 4.03. The van der Waals surface area contributed by atoms with E-state index in [2.05, 4.69) is 0 Å². The number of halogens is 1. The van der Waals surface area contributed by atoms with Crippen molar-refractivity contribution in [1.29, 1.82) is 0 Å². The molecule has 2 aromatic carbocycles. The zero-order valence-corrected chi connectivity index (χ0v) is 16.5. The van der Waals surface area contributed by atoms with Crippen LogP contribution in [0.5, 0.6) is 11.5 Å². The lowest BCUT2D eigenvalue weighted by atomic mass is 9.82. The van der Waals surface area contributed by atoms with Crippen molar-refractivity contribution in [3.05, 3.63) is 58.6 Å². The first-order valence-corrected chi connectivity index (χ1v) is 9.82. The fourth-order valence-electron chi connectivity index (χ4n) is 3.86. The number of ether oxygens (including phenoxy) is 2. The van der Waals surface area contributed by atoms with Crippen LogP contribution >= 0.6 is 11.6 Å². The van der Waals surface area contributed by atoms with Crippen LogP contribution in [0.25, 0.3) is 0 Å². The van der Waals surface area contributed by atoms with E-state index in [0.717, 1.165) is 11.3 Å². The number of carbonyl (C=O) groups is 2. The topological polar surface area (TPSA) is 55.8 Å². The molecule has 5 nitrogen and oxygen atoms in total. The molecule has 2 aliphatic heterocycles. The molecule has 2 heterocycles. The van der Waals surface area contributed by atoms with Crippen molar-refractivity contribution in [3.8, 4) is 11.5 Å². The Morgan fingerprint density at radius 2 is 1.96 bits per heavy atom. The van der Waals surface area contributed by atoms with E-state index in [9.17, 15) is 9.59 Å². The normalized spacial score (nSPS) is 17.8. The van der Waals surface area contributed by atoms with Crippen LogP contribution in [0.15, 0.2) is 42.5 Å². The molecule has 6 heteroatoms. The lowest BCUT2D eigenvalue weighted by Crippen LogP contribution is -2.53. The molecule has 1 saturated heterocycles. The van der Waals surface area contributed by atoms with E-state index in [1.807, 2.05) is 31.2 Å². The van der Waals surface area contributed by atoms with Crippen LogP contribution in [-0.4, -0.2) is 41.9 Å². The smallest absolute Gasteiger partial charge is 0.260 e. The summed E-state index contributed by atoms with van der Waals surface area (Å²) in [5.41, 5.74) is 1.01. The molecule has 0 atom stereocenters. The number of carbonyl (C=O) groups excluding carboxylic acids is 2. The zero-order valence-electron chi connectivity index (χ0n) is 15.7. The first-order valence-electron chi connectivity index (χ1n) is 9.44. The second-order valence-corrected chi connectivity index (χ2v) is 7.90. The first-order chi connectivity index (χ1) is 13.5. The van der Waals surface area contributed by atoms with E-state index in [4.69, 9.17) is 21.1 Å². The number of hydrogen-bond acceptors (Lipinski definition) is 4. The van der Waals surface area contributed by atoms with Crippen LogP contribution in [0.3, 0.4) is 0 Å². The van der Waals surface area contributed by atoms with Crippen LogP contribution < -0.4 is 9.47 Å². The summed E-state index contributed by atoms with van der Waals surface area (Å²) in [6.07, 6.45) is 1.57. The molecule has 0 aliphatic carbocycles. The largest absolute Gasteiger partial charge is 0.486 e. The number of aryl methyl sites for hydroxylation is 1. The van der Waals surface area contributed by atoms with Crippen LogP contribution in [0.1, 0.15) is 35.2 Å². The third kappa shape index (κ3) is 3.72. The number of hydrogen-bond donors (Lipinski definition) is 0. The Balaban J connectivity index is 1.37. The van der Waals surface area contributed by atoms with Crippen molar-refractivity contribution >= 4 is 23.3 Å². The molecule has 2 aliphatic rings. The van der Waals surface area contributed by atoms with Gasteiger partial charge in [0.25, 0.3) is 5.91 Å². The van der Waals surface area contributed by atoms with Gasteiger partial charge in [-0.05, 0) is 36.8 Å². The standard InChI is InChI=1S/C22H22ClNO4/c1-15-4-2-3-5-19(15)27-14-21(26)24-10-8-22(9-11-24)13-18(25)17-12-16(23)6-7-20(17)28-22/h2-7,12H,8-11,13-14H2,1H3. The van der Waals surface area contributed by atoms with Gasteiger partial charge in [0.15, 0.2) is 12.4 Å². The van der Waals surface area contributed by atoms with Gasteiger partial charge in [-0.2, -0.15) is 0 Å². The Morgan fingerprint density at radius 3 is 2.71 bits per heavy atom. The molecule has 146 valence electrons. The SMILES string of the molecule is Cc1ccccc1OCC(=O)N1CCC2(CC1)CC(=O)c1cc(Cl)ccc1O2. The summed E-state index contributed by atoms with van der Waals surface area (Å²) in [4.78, 5) is 26.9. The van der Waals surface area contributed by atoms with E-state index in [-0.39, 0.29) is 18.3 Å². The van der Waals surface area contributed by atoms with Crippen molar-refractivity contribution in [3.63, 3.8) is 0 Å². The third-order valence-electron chi connectivity index (χ3n) is 5.52. The fraction of sp³-hybridized carbons (Fsp3) is 0.364. The Kier molecular flexibility index (Phi) is 5.02. The summed E-state index contributed by atoms with van der Waals surface area (Å²) in [5, 5.41) is 0.528. The minimum Gasteiger partial charge on any atom is -0.486 e. The maximum absolute atomic E-state index is 12.6. The lowest BCUT2D eigenvalue weighted by molar-refractivity contribution is -0.136. The number of benzene rings is 2. The molecule has 0 N–H and O–H groups in total. The average Bonchev–Trinajstić information content (AvgIpc) is 2.68. The van der Waals surface area contributed by atoms with E-state index >= 15 is 0 Å². The number of para-hydroxylation sites is 1. The van der Waals surface area contributed by atoms with Crippen LogP contribution in [0.4, 0.5) is 0 Å². The van der Waals surface area contributed by atoms with Gasteiger partial charge < -0.3 is 14.4 Å². The molecule has 1 amide bonds. The van der Waals surface area contributed by atoms with Gasteiger partial charge in [0.1, 0.15) is 17.1 Å². The quantitative estimate of drug-likeness (QED) is 0.781. The lowest BCUT2D eigenvalue weighted by Gasteiger charge is -2.43. The molecule has 0 radical (unpaired) electrons. The number of nitrogens with zero attached hydrogens (tertiary/aromatic N) is 1. The van der Waals surface area contributed by atoms with Crippen molar-refractivity contribution < 1.29 is 19.1 Å². The Morgan fingerprint density at radius 1 is 1.21 bits per heavy atom. The number of amides is 1. The van der Waals surface area contributed by atoms with Crippen LogP contribution in [0.2, 0.25) is 5.02 Å². The summed E-state index contributed by atoms with van der Waals surface area (Å²) in [6, 6.07) is 12.8. The number of likely N-dealkylation sites (tertiary alicyclic amines) is 1. The molecule has 2 aromatic rings. The summed E-state index contributed by atoms with van der Waals surface area (Å²) in [5.74, 6) is 1.31. The third-order valence-corrected chi connectivity index (χ3v) is 5.76. The van der Waals surface area contributed by atoms with Crippen molar-refractivity contribution in [2.24, 2.45) is 0 Å². The maximum atomic E-state index is 12.6. The van der Waals surface area contributed by atoms with Gasteiger partial charge in [-0.25, -0.2) is 0 Å². The summed E-state index contributed by atoms with van der Waals surface area (Å²) in [7, 11) is 0. The van der Waals surface area contributed by atoms with E-state index in [1.165, 1.54) is 0 Å². The van der Waals surface area contributed by atoms with E-state index in [1.54, 1.807) is 23.1 Å². The molecule has 0 aromatic heterocycles. The number of piperidine rings is 1. The molecular weight excluding hydrogens is 378 g/mol. The predicted octanol–water partition coefficient (Wildman–Crippen LogP) is 4.05. The number of rotatable bonds is 3. The molecular formula is C22H22ClNO4. The monoisotopic (exact) mass is 399 g/mol. The second kappa shape index (κ2) is 7.47. The van der Waals surface area contributed by atoms with Gasteiger partial charge in [-0.3, -0.25) is 9.59 Å². The van der Waals surface area contributed by atoms with Gasteiger partial charge in [0.2, 0.25) is 0 Å². The number of ketones is 1. The molecule has 1 spiro atoms. The molecule has 1 fully saturated rings. The molecule has 4 rings (SSSR count). The Hall–Kier alpha value is -2.53. The Bertz CT molecular complexity index is 919. The van der Waals surface area contributed by atoms with Crippen molar-refractivity contribution in [1.82, 2.24) is 4.90 Å². The van der Waals surface area contributed by atoms with Crippen molar-refractivity contribution in [2.75, 3.05) is 19.7 Å².